The molecule has 0 spiro atoms. The quantitative estimate of drug-likeness (QED) is 0.913. The van der Waals surface area contributed by atoms with E-state index >= 15 is 0 Å². The molecule has 1 amide bonds. The lowest BCUT2D eigenvalue weighted by Crippen LogP contribution is -2.41. The van der Waals surface area contributed by atoms with Crippen LogP contribution in [-0.2, 0) is 11.2 Å². The van der Waals surface area contributed by atoms with Gasteiger partial charge in [-0.3, -0.25) is 9.69 Å². The minimum atomic E-state index is 0.0462. The van der Waals surface area contributed by atoms with E-state index in [-0.39, 0.29) is 12.0 Å². The molecule has 2 aromatic carbocycles. The summed E-state index contributed by atoms with van der Waals surface area (Å²) in [5, 5.41) is 3.05. The van der Waals surface area contributed by atoms with Gasteiger partial charge in [-0.2, -0.15) is 0 Å². The molecule has 1 N–H and O–H groups in total. The van der Waals surface area contributed by atoms with Crippen molar-refractivity contribution in [3.63, 3.8) is 0 Å². The topological polar surface area (TPSA) is 41.6 Å². The SMILES string of the molecule is O=C(CN1CCC[C@H]1c1ccccc1)NC[C@@H]1Cc2ccccc2O1. The highest BCUT2D eigenvalue weighted by molar-refractivity contribution is 5.78. The maximum Gasteiger partial charge on any atom is 0.234 e. The number of nitrogens with one attached hydrogen (secondary N) is 1. The molecule has 1 saturated heterocycles. The van der Waals surface area contributed by atoms with Crippen LogP contribution in [0.3, 0.4) is 0 Å². The van der Waals surface area contributed by atoms with E-state index in [0.717, 1.165) is 31.6 Å². The number of benzene rings is 2. The summed E-state index contributed by atoms with van der Waals surface area (Å²) >= 11 is 0. The van der Waals surface area contributed by atoms with Crippen LogP contribution < -0.4 is 10.1 Å². The molecule has 2 aliphatic heterocycles. The number of nitrogens with zero attached hydrogens (tertiary/aromatic N) is 1. The highest BCUT2D eigenvalue weighted by Crippen LogP contribution is 2.31. The van der Waals surface area contributed by atoms with Crippen LogP contribution in [0.4, 0.5) is 0 Å². The number of hydrogen-bond acceptors (Lipinski definition) is 3. The van der Waals surface area contributed by atoms with Gasteiger partial charge < -0.3 is 10.1 Å². The molecular weight excluding hydrogens is 312 g/mol. The molecule has 4 nitrogen and oxygen atoms in total. The van der Waals surface area contributed by atoms with Crippen LogP contribution in [0.2, 0.25) is 0 Å². The van der Waals surface area contributed by atoms with E-state index < -0.39 is 0 Å². The molecule has 0 aromatic heterocycles. The smallest absolute Gasteiger partial charge is 0.234 e. The molecule has 4 heteroatoms. The summed E-state index contributed by atoms with van der Waals surface area (Å²) in [7, 11) is 0. The van der Waals surface area contributed by atoms with Crippen molar-refractivity contribution >= 4 is 5.91 Å². The molecule has 2 aliphatic rings. The van der Waals surface area contributed by atoms with Crippen molar-refractivity contribution < 1.29 is 9.53 Å². The number of rotatable bonds is 5. The number of fused-ring (bicyclic) bond motifs is 1. The summed E-state index contributed by atoms with van der Waals surface area (Å²) in [6.45, 7) is 2.01. The standard InChI is InChI=1S/C21H24N2O2/c24-21(22-14-18-13-17-9-4-5-11-20(17)25-18)15-23-12-6-10-19(23)16-7-2-1-3-8-16/h1-5,7-9,11,18-19H,6,10,12-15H2,(H,22,24)/t18-,19-/m0/s1. The van der Waals surface area contributed by atoms with Gasteiger partial charge >= 0.3 is 0 Å². The maximum absolute atomic E-state index is 12.4. The van der Waals surface area contributed by atoms with Crippen LogP contribution in [0.15, 0.2) is 54.6 Å². The Hall–Kier alpha value is -2.33. The highest BCUT2D eigenvalue weighted by atomic mass is 16.5. The minimum absolute atomic E-state index is 0.0462. The van der Waals surface area contributed by atoms with Crippen molar-refractivity contribution in [2.75, 3.05) is 19.6 Å². The van der Waals surface area contributed by atoms with E-state index in [1.807, 2.05) is 24.3 Å². The fraction of sp³-hybridized carbons (Fsp3) is 0.381. The Morgan fingerprint density at radius 3 is 2.76 bits per heavy atom. The Kier molecular flexibility index (Phi) is 4.70. The third-order valence-corrected chi connectivity index (χ3v) is 5.14. The zero-order chi connectivity index (χ0) is 17.1. The van der Waals surface area contributed by atoms with Gasteiger partial charge in [0.1, 0.15) is 11.9 Å². The van der Waals surface area contributed by atoms with E-state index in [1.165, 1.54) is 11.1 Å². The third kappa shape index (κ3) is 3.69. The molecule has 130 valence electrons. The Morgan fingerprint density at radius 1 is 1.12 bits per heavy atom. The van der Waals surface area contributed by atoms with Crippen molar-refractivity contribution in [2.45, 2.75) is 31.4 Å². The number of para-hydroxylation sites is 1. The molecule has 4 rings (SSSR count). The van der Waals surface area contributed by atoms with Crippen molar-refractivity contribution in [3.05, 3.63) is 65.7 Å². The Morgan fingerprint density at radius 2 is 1.92 bits per heavy atom. The lowest BCUT2D eigenvalue weighted by atomic mass is 10.0. The number of ether oxygens (including phenoxy) is 1. The van der Waals surface area contributed by atoms with Gasteiger partial charge in [-0.05, 0) is 36.6 Å². The predicted molar refractivity (Wildman–Crippen MR) is 97.6 cm³/mol. The van der Waals surface area contributed by atoms with E-state index in [2.05, 4.69) is 40.5 Å². The maximum atomic E-state index is 12.4. The fourth-order valence-corrected chi connectivity index (χ4v) is 3.90. The number of carbonyl (C=O) groups is 1. The molecule has 0 saturated carbocycles. The molecule has 0 aliphatic carbocycles. The van der Waals surface area contributed by atoms with Crippen LogP contribution in [-0.4, -0.2) is 36.5 Å². The lowest BCUT2D eigenvalue weighted by Gasteiger charge is -2.24. The molecule has 0 unspecified atom stereocenters. The van der Waals surface area contributed by atoms with Crippen molar-refractivity contribution in [1.82, 2.24) is 10.2 Å². The van der Waals surface area contributed by atoms with Gasteiger partial charge in [0.25, 0.3) is 0 Å². The second-order valence-corrected chi connectivity index (χ2v) is 6.89. The summed E-state index contributed by atoms with van der Waals surface area (Å²) in [6.07, 6.45) is 3.18. The molecule has 1 fully saturated rings. The van der Waals surface area contributed by atoms with Crippen LogP contribution in [0.25, 0.3) is 0 Å². The normalized spacial score (nSPS) is 22.4. The first-order chi connectivity index (χ1) is 12.3. The first kappa shape index (κ1) is 16.2. The van der Waals surface area contributed by atoms with Gasteiger partial charge in [0.15, 0.2) is 0 Å². The second-order valence-electron chi connectivity index (χ2n) is 6.89. The highest BCUT2D eigenvalue weighted by Gasteiger charge is 2.28. The van der Waals surface area contributed by atoms with Gasteiger partial charge in [-0.1, -0.05) is 48.5 Å². The minimum Gasteiger partial charge on any atom is -0.488 e. The summed E-state index contributed by atoms with van der Waals surface area (Å²) < 4.78 is 5.89. The van der Waals surface area contributed by atoms with Gasteiger partial charge in [0.2, 0.25) is 5.91 Å². The van der Waals surface area contributed by atoms with E-state index in [4.69, 9.17) is 4.74 Å². The second kappa shape index (κ2) is 7.28. The van der Waals surface area contributed by atoms with E-state index in [0.29, 0.717) is 19.1 Å². The zero-order valence-electron chi connectivity index (χ0n) is 14.4. The number of amides is 1. The van der Waals surface area contributed by atoms with Gasteiger partial charge in [0, 0.05) is 12.5 Å². The number of carbonyl (C=O) groups excluding carboxylic acids is 1. The Labute approximate surface area is 148 Å². The first-order valence-electron chi connectivity index (χ1n) is 9.10. The molecule has 2 heterocycles. The number of hydrogen-bond donors (Lipinski definition) is 1. The van der Waals surface area contributed by atoms with Crippen LogP contribution in [0, 0.1) is 0 Å². The fourth-order valence-electron chi connectivity index (χ4n) is 3.90. The monoisotopic (exact) mass is 336 g/mol. The van der Waals surface area contributed by atoms with Gasteiger partial charge in [-0.25, -0.2) is 0 Å². The van der Waals surface area contributed by atoms with Crippen molar-refractivity contribution in [3.8, 4) is 5.75 Å². The molecule has 2 atom stereocenters. The van der Waals surface area contributed by atoms with Gasteiger partial charge in [-0.15, -0.1) is 0 Å². The third-order valence-electron chi connectivity index (χ3n) is 5.14. The van der Waals surface area contributed by atoms with Crippen LogP contribution in [0.1, 0.15) is 30.0 Å². The summed E-state index contributed by atoms with van der Waals surface area (Å²) in [4.78, 5) is 14.7. The van der Waals surface area contributed by atoms with Crippen LogP contribution >= 0.6 is 0 Å². The average Bonchev–Trinajstić information content (AvgIpc) is 3.27. The largest absolute Gasteiger partial charge is 0.488 e. The molecular formula is C21H24N2O2. The van der Waals surface area contributed by atoms with Gasteiger partial charge in [0.05, 0.1) is 13.1 Å². The molecule has 2 aromatic rings. The van der Waals surface area contributed by atoms with Crippen LogP contribution in [0.5, 0.6) is 5.75 Å². The first-order valence-corrected chi connectivity index (χ1v) is 9.10. The Bertz CT molecular complexity index is 707. The van der Waals surface area contributed by atoms with E-state index in [9.17, 15) is 4.79 Å². The summed E-state index contributed by atoms with van der Waals surface area (Å²) in [6, 6.07) is 18.9. The average molecular weight is 336 g/mol. The number of likely N-dealkylation sites (tertiary alicyclic amines) is 1. The zero-order valence-corrected chi connectivity index (χ0v) is 14.4. The molecule has 25 heavy (non-hydrogen) atoms. The van der Waals surface area contributed by atoms with E-state index in [1.54, 1.807) is 0 Å². The summed E-state index contributed by atoms with van der Waals surface area (Å²) in [5.74, 6) is 1.04. The summed E-state index contributed by atoms with van der Waals surface area (Å²) in [5.41, 5.74) is 2.54. The predicted octanol–water partition coefficient (Wildman–Crippen LogP) is 2.94. The molecule has 0 bridgehead atoms. The molecule has 0 radical (unpaired) electrons. The lowest BCUT2D eigenvalue weighted by molar-refractivity contribution is -0.122. The Balaban J connectivity index is 1.28. The van der Waals surface area contributed by atoms with Crippen molar-refractivity contribution in [1.29, 1.82) is 0 Å². The van der Waals surface area contributed by atoms with Crippen molar-refractivity contribution in [2.24, 2.45) is 0 Å².